The lowest BCUT2D eigenvalue weighted by atomic mass is 10.00. The van der Waals surface area contributed by atoms with E-state index in [1.807, 2.05) is 44.2 Å². The van der Waals surface area contributed by atoms with Crippen molar-refractivity contribution in [1.29, 1.82) is 0 Å². The smallest absolute Gasteiger partial charge is 0.254 e. The summed E-state index contributed by atoms with van der Waals surface area (Å²) < 4.78 is 0. The van der Waals surface area contributed by atoms with Crippen LogP contribution in [0.5, 0.6) is 0 Å². The van der Waals surface area contributed by atoms with Crippen LogP contribution in [0.25, 0.3) is 0 Å². The van der Waals surface area contributed by atoms with E-state index in [2.05, 4.69) is 0 Å². The Morgan fingerprint density at radius 2 is 1.31 bits per heavy atom. The largest absolute Gasteiger partial charge is 0.390 e. The van der Waals surface area contributed by atoms with Crippen LogP contribution in [-0.2, 0) is 13.0 Å². The van der Waals surface area contributed by atoms with Crippen LogP contribution in [0.1, 0.15) is 68.9 Å². The predicted octanol–water partition coefficient (Wildman–Crippen LogP) is 4.93. The molecule has 0 heterocycles. The topological polar surface area (TPSA) is 130 Å². The molecule has 2 atom stereocenters. The number of carbonyl (C=O) groups excluding carboxylic acids is 3. The Morgan fingerprint density at radius 1 is 0.786 bits per heavy atom. The minimum atomic E-state index is -1.11. The molecule has 3 aromatic carbocycles. The monoisotopic (exact) mass is 612 g/mol. The quantitative estimate of drug-likeness (QED) is 0.238. The minimum absolute atomic E-state index is 0.0480. The molecule has 0 fully saturated rings. The molecule has 42 heavy (non-hydrogen) atoms. The molecule has 0 saturated carbocycles. The van der Waals surface area contributed by atoms with Crippen molar-refractivity contribution in [2.24, 2.45) is 11.5 Å². The van der Waals surface area contributed by atoms with E-state index in [1.165, 1.54) is 23.1 Å². The first-order valence-corrected chi connectivity index (χ1v) is 14.7. The standard InChI is InChI=1S/C32H38Cl2N4O4/c1-3-10-37(11-4-2)31(41)24-15-23(30(36)40)16-25(17-24)32(42)38(19-21-8-6-5-7-9-21)20-29(39)28(35)14-22-12-26(33)18-27(34)13-22/h5-9,12-13,15-18,28-29,39H,3-4,10-11,14,19-20,35H2,1-2H3,(H2,36,40)/t28-,29+/m0/s1. The fraction of sp³-hybridized carbons (Fsp3) is 0.344. The van der Waals surface area contributed by atoms with Gasteiger partial charge < -0.3 is 26.4 Å². The number of halogens is 2. The lowest BCUT2D eigenvalue weighted by Crippen LogP contribution is -2.46. The zero-order chi connectivity index (χ0) is 30.8. The molecule has 224 valence electrons. The molecule has 3 rings (SSSR count). The Hall–Kier alpha value is -3.43. The Labute approximate surface area is 257 Å². The van der Waals surface area contributed by atoms with Gasteiger partial charge in [-0.2, -0.15) is 0 Å². The van der Waals surface area contributed by atoms with Gasteiger partial charge in [0, 0.05) is 59.0 Å². The van der Waals surface area contributed by atoms with Crippen LogP contribution >= 0.6 is 23.2 Å². The lowest BCUT2D eigenvalue weighted by Gasteiger charge is -2.29. The first-order valence-electron chi connectivity index (χ1n) is 14.0. The molecule has 0 spiro atoms. The number of aliphatic hydroxyl groups is 1. The van der Waals surface area contributed by atoms with Gasteiger partial charge >= 0.3 is 0 Å². The molecule has 5 N–H and O–H groups in total. The highest BCUT2D eigenvalue weighted by Crippen LogP contribution is 2.21. The van der Waals surface area contributed by atoms with Crippen LogP contribution in [0.4, 0.5) is 0 Å². The summed E-state index contributed by atoms with van der Waals surface area (Å²) >= 11 is 12.2. The average molecular weight is 614 g/mol. The van der Waals surface area contributed by atoms with Crippen molar-refractivity contribution in [3.63, 3.8) is 0 Å². The van der Waals surface area contributed by atoms with Crippen LogP contribution in [0.2, 0.25) is 10.0 Å². The summed E-state index contributed by atoms with van der Waals surface area (Å²) in [4.78, 5) is 42.8. The molecule has 3 aromatic rings. The van der Waals surface area contributed by atoms with Gasteiger partial charge in [-0.25, -0.2) is 0 Å². The first-order chi connectivity index (χ1) is 20.0. The van der Waals surface area contributed by atoms with Gasteiger partial charge in [-0.05, 0) is 66.8 Å². The summed E-state index contributed by atoms with van der Waals surface area (Å²) in [5, 5.41) is 12.0. The zero-order valence-corrected chi connectivity index (χ0v) is 25.4. The highest BCUT2D eigenvalue weighted by atomic mass is 35.5. The van der Waals surface area contributed by atoms with Crippen LogP contribution in [0, 0.1) is 0 Å². The summed E-state index contributed by atoms with van der Waals surface area (Å²) in [6.45, 7) is 5.09. The number of aliphatic hydroxyl groups excluding tert-OH is 1. The molecule has 10 heteroatoms. The maximum Gasteiger partial charge on any atom is 0.254 e. The van der Waals surface area contributed by atoms with Crippen molar-refractivity contribution in [2.75, 3.05) is 19.6 Å². The van der Waals surface area contributed by atoms with Gasteiger partial charge in [0.15, 0.2) is 0 Å². The number of benzene rings is 3. The molecule has 0 unspecified atom stereocenters. The van der Waals surface area contributed by atoms with E-state index in [0.29, 0.717) is 23.1 Å². The van der Waals surface area contributed by atoms with E-state index >= 15 is 0 Å². The molecule has 0 aliphatic heterocycles. The molecular weight excluding hydrogens is 575 g/mol. The number of carbonyl (C=O) groups is 3. The SMILES string of the molecule is CCCN(CCC)C(=O)c1cc(C(N)=O)cc(C(=O)N(Cc2ccccc2)C[C@@H](O)[C@@H](N)Cc2cc(Cl)cc(Cl)c2)c1. The second-order valence-electron chi connectivity index (χ2n) is 10.3. The Kier molecular flexibility index (Phi) is 12.4. The van der Waals surface area contributed by atoms with Crippen LogP contribution < -0.4 is 11.5 Å². The molecule has 0 aliphatic rings. The van der Waals surface area contributed by atoms with Gasteiger partial charge in [-0.15, -0.1) is 0 Å². The maximum atomic E-state index is 14.0. The number of rotatable bonds is 14. The van der Waals surface area contributed by atoms with Crippen molar-refractivity contribution in [3.05, 3.63) is 105 Å². The third-order valence-electron chi connectivity index (χ3n) is 6.78. The summed E-state index contributed by atoms with van der Waals surface area (Å²) in [6, 6.07) is 17.9. The van der Waals surface area contributed by atoms with E-state index in [9.17, 15) is 19.5 Å². The third kappa shape index (κ3) is 9.29. The highest BCUT2D eigenvalue weighted by Gasteiger charge is 2.26. The van der Waals surface area contributed by atoms with Crippen molar-refractivity contribution in [2.45, 2.75) is 51.8 Å². The van der Waals surface area contributed by atoms with Crippen LogP contribution in [0.15, 0.2) is 66.7 Å². The summed E-state index contributed by atoms with van der Waals surface area (Å²) in [6.07, 6.45) is 0.685. The van der Waals surface area contributed by atoms with Gasteiger partial charge in [-0.3, -0.25) is 14.4 Å². The zero-order valence-electron chi connectivity index (χ0n) is 23.9. The molecule has 0 radical (unpaired) electrons. The predicted molar refractivity (Wildman–Crippen MR) is 167 cm³/mol. The van der Waals surface area contributed by atoms with Crippen LogP contribution in [-0.4, -0.2) is 64.4 Å². The second-order valence-corrected chi connectivity index (χ2v) is 11.2. The molecule has 3 amide bonds. The fourth-order valence-electron chi connectivity index (χ4n) is 4.76. The van der Waals surface area contributed by atoms with Gasteiger partial charge in [0.05, 0.1) is 6.10 Å². The number of primary amides is 1. The fourth-order valence-corrected chi connectivity index (χ4v) is 5.33. The highest BCUT2D eigenvalue weighted by molar-refractivity contribution is 6.34. The summed E-state index contributed by atoms with van der Waals surface area (Å²) in [5.41, 5.74) is 13.9. The van der Waals surface area contributed by atoms with E-state index in [0.717, 1.165) is 24.0 Å². The second kappa shape index (κ2) is 15.7. The molecular formula is C32H38Cl2N4O4. The van der Waals surface area contributed by atoms with Crippen molar-refractivity contribution < 1.29 is 19.5 Å². The van der Waals surface area contributed by atoms with Crippen molar-refractivity contribution >= 4 is 40.9 Å². The van der Waals surface area contributed by atoms with E-state index in [1.54, 1.807) is 23.1 Å². The summed E-state index contributed by atoms with van der Waals surface area (Å²) in [5.74, 6) is -1.52. The van der Waals surface area contributed by atoms with Crippen molar-refractivity contribution in [3.8, 4) is 0 Å². The molecule has 8 nitrogen and oxygen atoms in total. The van der Waals surface area contributed by atoms with Gasteiger partial charge in [-0.1, -0.05) is 67.4 Å². The van der Waals surface area contributed by atoms with Gasteiger partial charge in [0.1, 0.15) is 0 Å². The lowest BCUT2D eigenvalue weighted by molar-refractivity contribution is 0.0554. The average Bonchev–Trinajstić information content (AvgIpc) is 2.95. The number of hydrogen-bond donors (Lipinski definition) is 3. The number of nitrogens with zero attached hydrogens (tertiary/aromatic N) is 2. The summed E-state index contributed by atoms with van der Waals surface area (Å²) in [7, 11) is 0. The van der Waals surface area contributed by atoms with Crippen molar-refractivity contribution in [1.82, 2.24) is 9.80 Å². The Balaban J connectivity index is 1.94. The normalized spacial score (nSPS) is 12.4. The molecule has 0 aromatic heterocycles. The number of hydrogen-bond acceptors (Lipinski definition) is 5. The van der Waals surface area contributed by atoms with Gasteiger partial charge in [0.2, 0.25) is 5.91 Å². The molecule has 0 bridgehead atoms. The number of amides is 3. The molecule has 0 aliphatic carbocycles. The number of nitrogens with two attached hydrogens (primary N) is 2. The maximum absolute atomic E-state index is 14.0. The molecule has 0 saturated heterocycles. The van der Waals surface area contributed by atoms with E-state index in [4.69, 9.17) is 34.7 Å². The minimum Gasteiger partial charge on any atom is -0.390 e. The van der Waals surface area contributed by atoms with E-state index < -0.39 is 24.0 Å². The van der Waals surface area contributed by atoms with E-state index in [-0.39, 0.29) is 42.1 Å². The first kappa shape index (κ1) is 33.1. The Morgan fingerprint density at radius 3 is 1.83 bits per heavy atom. The van der Waals surface area contributed by atoms with Gasteiger partial charge in [0.25, 0.3) is 11.8 Å². The van der Waals surface area contributed by atoms with Crippen LogP contribution in [0.3, 0.4) is 0 Å². The third-order valence-corrected chi connectivity index (χ3v) is 7.22. The Bertz CT molecular complexity index is 1360.